The van der Waals surface area contributed by atoms with E-state index in [0.717, 1.165) is 23.3 Å². The minimum atomic E-state index is -0.252. The molecule has 1 aromatic carbocycles. The van der Waals surface area contributed by atoms with Crippen LogP contribution in [0.1, 0.15) is 38.2 Å². The number of halogens is 1. The molecular formula is C17H21ClO2S. The van der Waals surface area contributed by atoms with Crippen LogP contribution in [0.15, 0.2) is 29.2 Å². The molecule has 0 spiro atoms. The Morgan fingerprint density at radius 1 is 1.43 bits per heavy atom. The molecule has 0 bridgehead atoms. The zero-order chi connectivity index (χ0) is 15.2. The van der Waals surface area contributed by atoms with Crippen LogP contribution >= 0.6 is 23.4 Å². The largest absolute Gasteiger partial charge is 0.462 e. The fourth-order valence-corrected chi connectivity index (χ4v) is 3.55. The quantitative estimate of drug-likeness (QED) is 0.423. The van der Waals surface area contributed by atoms with Crippen molar-refractivity contribution in [3.05, 3.63) is 34.9 Å². The SMILES string of the molecule is CCOC(=O)/C(=C\C1CCCC1)c1ccc(SC)c(Cl)c1. The van der Waals surface area contributed by atoms with Crippen LogP contribution in [0, 0.1) is 5.92 Å². The minimum absolute atomic E-state index is 0.252. The third-order valence-corrected chi connectivity index (χ3v) is 4.98. The number of esters is 1. The summed E-state index contributed by atoms with van der Waals surface area (Å²) in [4.78, 5) is 13.3. The summed E-state index contributed by atoms with van der Waals surface area (Å²) in [6, 6.07) is 5.78. The maximum Gasteiger partial charge on any atom is 0.338 e. The highest BCUT2D eigenvalue weighted by molar-refractivity contribution is 7.98. The van der Waals surface area contributed by atoms with E-state index in [-0.39, 0.29) is 5.97 Å². The number of carbonyl (C=O) groups excluding carboxylic acids is 1. The summed E-state index contributed by atoms with van der Waals surface area (Å²) >= 11 is 7.87. The van der Waals surface area contributed by atoms with Crippen LogP contribution in [-0.2, 0) is 9.53 Å². The van der Waals surface area contributed by atoms with Gasteiger partial charge in [-0.05, 0) is 49.6 Å². The first kappa shape index (κ1) is 16.4. The molecule has 2 rings (SSSR count). The van der Waals surface area contributed by atoms with E-state index < -0.39 is 0 Å². The summed E-state index contributed by atoms with van der Waals surface area (Å²) in [6.45, 7) is 2.21. The Hall–Kier alpha value is -0.930. The van der Waals surface area contributed by atoms with Gasteiger partial charge in [0, 0.05) is 4.90 Å². The molecule has 1 saturated carbocycles. The molecule has 1 aliphatic rings. The molecule has 0 aliphatic heterocycles. The van der Waals surface area contributed by atoms with E-state index in [9.17, 15) is 4.79 Å². The molecule has 0 N–H and O–H groups in total. The molecule has 0 aromatic heterocycles. The molecule has 4 heteroatoms. The lowest BCUT2D eigenvalue weighted by Crippen LogP contribution is -2.08. The van der Waals surface area contributed by atoms with Crippen molar-refractivity contribution in [3.63, 3.8) is 0 Å². The van der Waals surface area contributed by atoms with Crippen LogP contribution in [0.3, 0.4) is 0 Å². The lowest BCUT2D eigenvalue weighted by atomic mass is 9.99. The van der Waals surface area contributed by atoms with Crippen molar-refractivity contribution in [2.75, 3.05) is 12.9 Å². The molecule has 2 nitrogen and oxygen atoms in total. The Kier molecular flexibility index (Phi) is 6.19. The fraction of sp³-hybridized carbons (Fsp3) is 0.471. The van der Waals surface area contributed by atoms with Crippen LogP contribution in [0.25, 0.3) is 5.57 Å². The lowest BCUT2D eigenvalue weighted by molar-refractivity contribution is -0.136. The van der Waals surface area contributed by atoms with Crippen molar-refractivity contribution in [2.24, 2.45) is 5.92 Å². The van der Waals surface area contributed by atoms with Crippen molar-refractivity contribution in [1.82, 2.24) is 0 Å². The van der Waals surface area contributed by atoms with Crippen molar-refractivity contribution in [1.29, 1.82) is 0 Å². The molecule has 0 unspecified atom stereocenters. The number of carbonyl (C=O) groups is 1. The van der Waals surface area contributed by atoms with E-state index in [0.29, 0.717) is 23.1 Å². The van der Waals surface area contributed by atoms with E-state index >= 15 is 0 Å². The topological polar surface area (TPSA) is 26.3 Å². The van der Waals surface area contributed by atoms with Crippen molar-refractivity contribution in [3.8, 4) is 0 Å². The second kappa shape index (κ2) is 7.90. The Morgan fingerprint density at radius 3 is 2.71 bits per heavy atom. The van der Waals surface area contributed by atoms with Gasteiger partial charge >= 0.3 is 5.97 Å². The van der Waals surface area contributed by atoms with Crippen molar-refractivity contribution >= 4 is 34.9 Å². The summed E-state index contributed by atoms with van der Waals surface area (Å²) in [5, 5.41) is 0.682. The number of rotatable bonds is 5. The van der Waals surface area contributed by atoms with Gasteiger partial charge in [-0.3, -0.25) is 0 Å². The summed E-state index contributed by atoms with van der Waals surface area (Å²) in [5.74, 6) is 0.223. The molecule has 0 radical (unpaired) electrons. The highest BCUT2D eigenvalue weighted by Gasteiger charge is 2.19. The molecular weight excluding hydrogens is 304 g/mol. The van der Waals surface area contributed by atoms with Gasteiger partial charge in [-0.2, -0.15) is 0 Å². The lowest BCUT2D eigenvalue weighted by Gasteiger charge is -2.12. The van der Waals surface area contributed by atoms with E-state index in [1.807, 2.05) is 31.4 Å². The molecule has 114 valence electrons. The molecule has 0 saturated heterocycles. The third kappa shape index (κ3) is 4.27. The first-order chi connectivity index (χ1) is 10.2. The van der Waals surface area contributed by atoms with Crippen LogP contribution in [0.5, 0.6) is 0 Å². The third-order valence-electron chi connectivity index (χ3n) is 3.76. The van der Waals surface area contributed by atoms with Gasteiger partial charge in [0.2, 0.25) is 0 Å². The summed E-state index contributed by atoms with van der Waals surface area (Å²) in [7, 11) is 0. The van der Waals surface area contributed by atoms with Gasteiger partial charge in [-0.15, -0.1) is 11.8 Å². The summed E-state index contributed by atoms with van der Waals surface area (Å²) in [6.07, 6.45) is 8.85. The average Bonchev–Trinajstić information content (AvgIpc) is 2.98. The van der Waals surface area contributed by atoms with E-state index in [2.05, 4.69) is 6.08 Å². The predicted octanol–water partition coefficient (Wildman–Crippen LogP) is 5.20. The van der Waals surface area contributed by atoms with Gasteiger partial charge in [0.15, 0.2) is 0 Å². The Balaban J connectivity index is 2.34. The monoisotopic (exact) mass is 324 g/mol. The first-order valence-corrected chi connectivity index (χ1v) is 8.98. The number of thioether (sulfide) groups is 1. The van der Waals surface area contributed by atoms with Crippen LogP contribution in [0.4, 0.5) is 0 Å². The Labute approximate surface area is 135 Å². The molecule has 0 amide bonds. The van der Waals surface area contributed by atoms with Crippen molar-refractivity contribution in [2.45, 2.75) is 37.5 Å². The summed E-state index contributed by atoms with van der Waals surface area (Å²) < 4.78 is 5.21. The average molecular weight is 325 g/mol. The molecule has 1 fully saturated rings. The maximum atomic E-state index is 12.3. The van der Waals surface area contributed by atoms with Crippen molar-refractivity contribution < 1.29 is 9.53 Å². The summed E-state index contributed by atoms with van der Waals surface area (Å²) in [5.41, 5.74) is 1.50. The smallest absolute Gasteiger partial charge is 0.338 e. The van der Waals surface area contributed by atoms with Crippen LogP contribution in [-0.4, -0.2) is 18.8 Å². The van der Waals surface area contributed by atoms with Gasteiger partial charge in [-0.25, -0.2) is 4.79 Å². The van der Waals surface area contributed by atoms with Gasteiger partial charge in [0.1, 0.15) is 0 Å². The second-order valence-electron chi connectivity index (χ2n) is 5.19. The number of ether oxygens (including phenoxy) is 1. The molecule has 1 aliphatic carbocycles. The van der Waals surface area contributed by atoms with Gasteiger partial charge in [-0.1, -0.05) is 36.6 Å². The molecule has 1 aromatic rings. The number of benzene rings is 1. The zero-order valence-corrected chi connectivity index (χ0v) is 14.1. The van der Waals surface area contributed by atoms with Gasteiger partial charge < -0.3 is 4.74 Å². The van der Waals surface area contributed by atoms with E-state index in [4.69, 9.17) is 16.3 Å². The highest BCUT2D eigenvalue weighted by Crippen LogP contribution is 2.32. The standard InChI is InChI=1S/C17H21ClO2S/c1-3-20-17(19)14(10-12-6-4-5-7-12)13-8-9-16(21-2)15(18)11-13/h8-12H,3-7H2,1-2H3/b14-10-. The Bertz CT molecular complexity index is 534. The highest BCUT2D eigenvalue weighted by atomic mass is 35.5. The molecule has 0 heterocycles. The zero-order valence-electron chi connectivity index (χ0n) is 12.5. The fourth-order valence-electron chi connectivity index (χ4n) is 2.68. The predicted molar refractivity (Wildman–Crippen MR) is 89.8 cm³/mol. The Morgan fingerprint density at radius 2 is 2.14 bits per heavy atom. The van der Waals surface area contributed by atoms with Crippen LogP contribution in [0.2, 0.25) is 5.02 Å². The molecule has 21 heavy (non-hydrogen) atoms. The molecule has 0 atom stereocenters. The normalized spacial score (nSPS) is 16.2. The maximum absolute atomic E-state index is 12.3. The van der Waals surface area contributed by atoms with E-state index in [1.54, 1.807) is 11.8 Å². The number of hydrogen-bond acceptors (Lipinski definition) is 3. The first-order valence-electron chi connectivity index (χ1n) is 7.38. The minimum Gasteiger partial charge on any atom is -0.462 e. The number of allylic oxidation sites excluding steroid dienone is 1. The van der Waals surface area contributed by atoms with E-state index in [1.165, 1.54) is 12.8 Å². The van der Waals surface area contributed by atoms with Gasteiger partial charge in [0.25, 0.3) is 0 Å². The number of hydrogen-bond donors (Lipinski definition) is 0. The van der Waals surface area contributed by atoms with Crippen LogP contribution < -0.4 is 0 Å². The second-order valence-corrected chi connectivity index (χ2v) is 6.45. The van der Waals surface area contributed by atoms with Gasteiger partial charge in [0.05, 0.1) is 17.2 Å².